The first-order valence-electron chi connectivity index (χ1n) is 8.37. The van der Waals surface area contributed by atoms with Gasteiger partial charge < -0.3 is 4.90 Å². The highest BCUT2D eigenvalue weighted by Crippen LogP contribution is 2.33. The number of hydrogen-bond acceptors (Lipinski definition) is 6. The molecule has 0 amide bonds. The monoisotopic (exact) mass is 432 g/mol. The molecule has 0 bridgehead atoms. The van der Waals surface area contributed by atoms with Crippen LogP contribution in [0, 0.1) is 0 Å². The van der Waals surface area contributed by atoms with Gasteiger partial charge in [-0.05, 0) is 46.7 Å². The Kier molecular flexibility index (Phi) is 5.04. The summed E-state index contributed by atoms with van der Waals surface area (Å²) in [6.45, 7) is 3.97. The number of halogens is 2. The van der Waals surface area contributed by atoms with E-state index in [1.54, 1.807) is 6.20 Å². The molecule has 8 heteroatoms. The molecule has 1 saturated heterocycles. The molecule has 1 aliphatic heterocycles. The van der Waals surface area contributed by atoms with E-state index in [0.717, 1.165) is 48.2 Å². The molecular weight excluding hydrogens is 416 g/mol. The van der Waals surface area contributed by atoms with Gasteiger partial charge in [-0.25, -0.2) is 20.0 Å². The zero-order valence-corrected chi connectivity index (χ0v) is 16.6. The lowest BCUT2D eigenvalue weighted by Crippen LogP contribution is -2.47. The van der Waals surface area contributed by atoms with Gasteiger partial charge in [0.15, 0.2) is 0 Å². The highest BCUT2D eigenvalue weighted by Gasteiger charge is 2.15. The highest BCUT2D eigenvalue weighted by molar-refractivity contribution is 9.10. The second-order valence-corrected chi connectivity index (χ2v) is 7.46. The van der Waals surface area contributed by atoms with Crippen LogP contribution in [0.15, 0.2) is 41.3 Å². The van der Waals surface area contributed by atoms with Gasteiger partial charge in [-0.1, -0.05) is 17.7 Å². The molecule has 1 aliphatic rings. The van der Waals surface area contributed by atoms with Gasteiger partial charge in [-0.2, -0.15) is 0 Å². The van der Waals surface area contributed by atoms with Crippen LogP contribution in [-0.4, -0.2) is 58.1 Å². The van der Waals surface area contributed by atoms with E-state index < -0.39 is 0 Å². The van der Waals surface area contributed by atoms with Crippen LogP contribution >= 0.6 is 27.5 Å². The smallest absolute Gasteiger partial charge is 0.238 e. The van der Waals surface area contributed by atoms with Crippen LogP contribution in [0.3, 0.4) is 0 Å². The third-order valence-corrected chi connectivity index (χ3v) is 5.71. The van der Waals surface area contributed by atoms with Crippen molar-refractivity contribution < 1.29 is 0 Å². The van der Waals surface area contributed by atoms with Crippen molar-refractivity contribution >= 4 is 44.4 Å². The second-order valence-electron chi connectivity index (χ2n) is 6.33. The fraction of sp³-hybridized carbons (Fsp3) is 0.278. The van der Waals surface area contributed by atoms with E-state index in [9.17, 15) is 0 Å². The predicted octanol–water partition coefficient (Wildman–Crippen LogP) is 3.68. The van der Waals surface area contributed by atoms with E-state index in [0.29, 0.717) is 15.6 Å². The first kappa shape index (κ1) is 17.6. The van der Waals surface area contributed by atoms with Gasteiger partial charge in [-0.3, -0.25) is 5.43 Å². The molecular formula is C18H18BrClN6. The number of benzene rings is 1. The van der Waals surface area contributed by atoms with Gasteiger partial charge >= 0.3 is 0 Å². The van der Waals surface area contributed by atoms with Crippen LogP contribution in [0.4, 0.5) is 5.95 Å². The number of aromatic nitrogens is 3. The first-order valence-corrected chi connectivity index (χ1v) is 9.54. The molecule has 0 radical (unpaired) electrons. The molecule has 0 unspecified atom stereocenters. The van der Waals surface area contributed by atoms with Gasteiger partial charge in [0.2, 0.25) is 5.95 Å². The normalized spacial score (nSPS) is 16.1. The third-order valence-electron chi connectivity index (χ3n) is 4.50. The van der Waals surface area contributed by atoms with Crippen LogP contribution in [-0.2, 0) is 0 Å². The Bertz CT molecular complexity index is 942. The standard InChI is InChI=1S/C18H18BrClN6/c1-25-6-8-26(9-7-25)24-18-22-11-13-10-12(2-3-15(13)23-18)14-4-5-21-17(19)16(14)20/h2-5,10-11H,6-9H2,1H3,(H,22,23,24). The van der Waals surface area contributed by atoms with Crippen LogP contribution in [0.2, 0.25) is 5.02 Å². The lowest BCUT2D eigenvalue weighted by atomic mass is 10.1. The zero-order chi connectivity index (χ0) is 18.1. The van der Waals surface area contributed by atoms with Crippen molar-refractivity contribution in [3.05, 3.63) is 46.3 Å². The number of piperazine rings is 1. The average molecular weight is 434 g/mol. The molecule has 26 heavy (non-hydrogen) atoms. The zero-order valence-electron chi connectivity index (χ0n) is 14.3. The Hall–Kier alpha value is -1.80. The molecule has 3 aromatic rings. The minimum absolute atomic E-state index is 0.598. The van der Waals surface area contributed by atoms with E-state index in [2.05, 4.69) is 53.3 Å². The molecule has 0 aliphatic carbocycles. The molecule has 4 rings (SSSR count). The Labute approximate surface area is 165 Å². The second kappa shape index (κ2) is 7.44. The Morgan fingerprint density at radius 2 is 1.92 bits per heavy atom. The van der Waals surface area contributed by atoms with Gasteiger partial charge in [0, 0.05) is 49.5 Å². The Morgan fingerprint density at radius 3 is 2.73 bits per heavy atom. The maximum atomic E-state index is 6.36. The van der Waals surface area contributed by atoms with E-state index in [1.807, 2.05) is 30.5 Å². The van der Waals surface area contributed by atoms with Crippen molar-refractivity contribution in [3.8, 4) is 11.1 Å². The SMILES string of the molecule is CN1CCN(Nc2ncc3cc(-c4ccnc(Br)c4Cl)ccc3n2)CC1. The fourth-order valence-corrected chi connectivity index (χ4v) is 3.51. The van der Waals surface area contributed by atoms with Crippen LogP contribution < -0.4 is 5.43 Å². The molecule has 3 heterocycles. The number of hydrogen-bond donors (Lipinski definition) is 1. The lowest BCUT2D eigenvalue weighted by molar-refractivity contribution is 0.178. The molecule has 1 fully saturated rings. The topological polar surface area (TPSA) is 57.2 Å². The number of anilines is 1. The molecule has 0 atom stereocenters. The number of pyridine rings is 1. The summed E-state index contributed by atoms with van der Waals surface area (Å²) in [5, 5.41) is 3.72. The van der Waals surface area contributed by atoms with Gasteiger partial charge in [0.25, 0.3) is 0 Å². The van der Waals surface area contributed by atoms with Gasteiger partial charge in [0.05, 0.1) is 10.5 Å². The molecule has 0 saturated carbocycles. The number of fused-ring (bicyclic) bond motifs is 1. The molecule has 0 spiro atoms. The van der Waals surface area contributed by atoms with Crippen molar-refractivity contribution in [2.45, 2.75) is 0 Å². The van der Waals surface area contributed by atoms with Gasteiger partial charge in [0.1, 0.15) is 4.60 Å². The molecule has 6 nitrogen and oxygen atoms in total. The molecule has 1 N–H and O–H groups in total. The molecule has 1 aromatic carbocycles. The summed E-state index contributed by atoms with van der Waals surface area (Å²) in [6, 6.07) is 7.95. The van der Waals surface area contributed by atoms with E-state index in [1.165, 1.54) is 0 Å². The minimum Gasteiger partial charge on any atom is -0.304 e. The van der Waals surface area contributed by atoms with Crippen LogP contribution in [0.5, 0.6) is 0 Å². The Balaban J connectivity index is 1.59. The summed E-state index contributed by atoms with van der Waals surface area (Å²) >= 11 is 9.73. The molecule has 2 aromatic heterocycles. The fourth-order valence-electron chi connectivity index (χ4n) is 2.96. The van der Waals surface area contributed by atoms with Crippen molar-refractivity contribution in [3.63, 3.8) is 0 Å². The van der Waals surface area contributed by atoms with E-state index >= 15 is 0 Å². The average Bonchev–Trinajstić information content (AvgIpc) is 2.65. The summed E-state index contributed by atoms with van der Waals surface area (Å²) in [6.07, 6.45) is 3.57. The Morgan fingerprint density at radius 1 is 1.12 bits per heavy atom. The van der Waals surface area contributed by atoms with Crippen LogP contribution in [0.25, 0.3) is 22.0 Å². The maximum Gasteiger partial charge on any atom is 0.238 e. The number of nitrogens with one attached hydrogen (secondary N) is 1. The number of nitrogens with zero attached hydrogens (tertiary/aromatic N) is 5. The summed E-state index contributed by atoms with van der Waals surface area (Å²) in [4.78, 5) is 15.5. The largest absolute Gasteiger partial charge is 0.304 e. The molecule has 134 valence electrons. The first-order chi connectivity index (χ1) is 12.6. The third kappa shape index (κ3) is 3.66. The van der Waals surface area contributed by atoms with Crippen LogP contribution in [0.1, 0.15) is 0 Å². The van der Waals surface area contributed by atoms with Gasteiger partial charge in [-0.15, -0.1) is 0 Å². The van der Waals surface area contributed by atoms with Crippen molar-refractivity contribution in [2.75, 3.05) is 38.7 Å². The van der Waals surface area contributed by atoms with Crippen molar-refractivity contribution in [1.82, 2.24) is 24.9 Å². The van der Waals surface area contributed by atoms with Crippen molar-refractivity contribution in [2.24, 2.45) is 0 Å². The van der Waals surface area contributed by atoms with E-state index in [-0.39, 0.29) is 0 Å². The lowest BCUT2D eigenvalue weighted by Gasteiger charge is -2.32. The predicted molar refractivity (Wildman–Crippen MR) is 108 cm³/mol. The maximum absolute atomic E-state index is 6.36. The summed E-state index contributed by atoms with van der Waals surface area (Å²) < 4.78 is 0.639. The number of likely N-dealkylation sites (N-methyl/N-ethyl adjacent to an activating group) is 1. The van der Waals surface area contributed by atoms with E-state index in [4.69, 9.17) is 11.6 Å². The quantitative estimate of drug-likeness (QED) is 0.636. The minimum atomic E-state index is 0.598. The van der Waals surface area contributed by atoms with Crippen molar-refractivity contribution in [1.29, 1.82) is 0 Å². The summed E-state index contributed by atoms with van der Waals surface area (Å²) in [5.41, 5.74) is 6.13. The summed E-state index contributed by atoms with van der Waals surface area (Å²) in [5.74, 6) is 0.625. The number of hydrazine groups is 1. The number of rotatable bonds is 3. The highest BCUT2D eigenvalue weighted by atomic mass is 79.9. The summed E-state index contributed by atoms with van der Waals surface area (Å²) in [7, 11) is 2.13.